The lowest BCUT2D eigenvalue weighted by Crippen LogP contribution is -2.36. The van der Waals surface area contributed by atoms with Gasteiger partial charge in [-0.1, -0.05) is 35.3 Å². The normalized spacial score (nSPS) is 13.7. The Morgan fingerprint density at radius 2 is 1.55 bits per heavy atom. The fourth-order valence-electron chi connectivity index (χ4n) is 2.26. The summed E-state index contributed by atoms with van der Waals surface area (Å²) in [7, 11) is 0. The molecule has 0 radical (unpaired) electrons. The van der Waals surface area contributed by atoms with Gasteiger partial charge in [0.05, 0.1) is 22.3 Å². The number of rotatable bonds is 2. The van der Waals surface area contributed by atoms with Crippen LogP contribution < -0.4 is 10.2 Å². The molecule has 22 heavy (non-hydrogen) atoms. The van der Waals surface area contributed by atoms with Crippen molar-refractivity contribution < 1.29 is 8.78 Å². The Hall–Kier alpha value is -1.85. The van der Waals surface area contributed by atoms with Gasteiger partial charge in [-0.15, -0.1) is 0 Å². The maximum atomic E-state index is 14.3. The molecular weight excluding hydrogens is 331 g/mol. The van der Waals surface area contributed by atoms with Gasteiger partial charge in [0.2, 0.25) is 5.96 Å². The van der Waals surface area contributed by atoms with E-state index in [0.29, 0.717) is 19.0 Å². The van der Waals surface area contributed by atoms with Crippen LogP contribution in [0.2, 0.25) is 10.0 Å². The molecule has 0 unspecified atom stereocenters. The molecule has 0 aromatic heterocycles. The number of nitrogens with zero attached hydrogens (tertiary/aromatic N) is 2. The van der Waals surface area contributed by atoms with Crippen LogP contribution in [0.3, 0.4) is 0 Å². The number of hydrogen-bond donors (Lipinski definition) is 1. The second kappa shape index (κ2) is 6.10. The summed E-state index contributed by atoms with van der Waals surface area (Å²) >= 11 is 12.4. The van der Waals surface area contributed by atoms with Crippen LogP contribution >= 0.6 is 23.2 Å². The second-order valence-electron chi connectivity index (χ2n) is 4.61. The Morgan fingerprint density at radius 3 is 2.09 bits per heavy atom. The number of benzene rings is 2. The molecule has 0 bridgehead atoms. The molecule has 1 N–H and O–H groups in total. The van der Waals surface area contributed by atoms with Crippen LogP contribution in [0.1, 0.15) is 0 Å². The maximum Gasteiger partial charge on any atom is 0.203 e. The molecule has 0 saturated carbocycles. The second-order valence-corrected chi connectivity index (χ2v) is 5.42. The smallest absolute Gasteiger partial charge is 0.203 e. The molecule has 0 aliphatic carbocycles. The first kappa shape index (κ1) is 15.1. The molecule has 1 heterocycles. The molecule has 3 nitrogen and oxygen atoms in total. The van der Waals surface area contributed by atoms with E-state index in [4.69, 9.17) is 23.2 Å². The van der Waals surface area contributed by atoms with Gasteiger partial charge in [-0.05, 0) is 24.3 Å². The summed E-state index contributed by atoms with van der Waals surface area (Å²) in [5, 5.41) is 3.53. The first-order valence-electron chi connectivity index (χ1n) is 6.56. The molecule has 0 saturated heterocycles. The molecule has 114 valence electrons. The van der Waals surface area contributed by atoms with E-state index >= 15 is 0 Å². The Labute approximate surface area is 136 Å². The fraction of sp³-hybridized carbons (Fsp3) is 0.133. The quantitative estimate of drug-likeness (QED) is 0.878. The van der Waals surface area contributed by atoms with Gasteiger partial charge in [-0.3, -0.25) is 9.89 Å². The predicted octanol–water partition coefficient (Wildman–Crippen LogP) is 4.37. The van der Waals surface area contributed by atoms with E-state index in [1.165, 1.54) is 23.1 Å². The van der Waals surface area contributed by atoms with Crippen LogP contribution in [0.15, 0.2) is 41.4 Å². The van der Waals surface area contributed by atoms with E-state index in [1.807, 2.05) is 0 Å². The lowest BCUT2D eigenvalue weighted by molar-refractivity contribution is 0.586. The van der Waals surface area contributed by atoms with Crippen molar-refractivity contribution in [2.45, 2.75) is 0 Å². The summed E-state index contributed by atoms with van der Waals surface area (Å²) in [5.74, 6) is -1.15. The molecule has 0 amide bonds. The minimum absolute atomic E-state index is 0.270. The van der Waals surface area contributed by atoms with Gasteiger partial charge in [0.1, 0.15) is 17.3 Å². The highest BCUT2D eigenvalue weighted by Gasteiger charge is 2.28. The van der Waals surface area contributed by atoms with Crippen molar-refractivity contribution in [2.75, 3.05) is 18.0 Å². The molecule has 0 spiro atoms. The third-order valence-corrected chi connectivity index (χ3v) is 3.80. The van der Waals surface area contributed by atoms with Crippen LogP contribution in [0.5, 0.6) is 0 Å². The predicted molar refractivity (Wildman–Crippen MR) is 85.3 cm³/mol. The van der Waals surface area contributed by atoms with Crippen molar-refractivity contribution in [3.63, 3.8) is 0 Å². The Bertz CT molecular complexity index is 658. The lowest BCUT2D eigenvalue weighted by atomic mass is 10.2. The summed E-state index contributed by atoms with van der Waals surface area (Å²) in [6.45, 7) is 1.08. The van der Waals surface area contributed by atoms with Gasteiger partial charge >= 0.3 is 0 Å². The summed E-state index contributed by atoms with van der Waals surface area (Å²) in [5.41, 5.74) is 0.00799. The van der Waals surface area contributed by atoms with Gasteiger partial charge in [-0.25, -0.2) is 8.78 Å². The standard InChI is InChI=1S/C15H11Cl2F2N3/c16-9-3-1-4-10(17)13(9)22(15-20-7-8-21-15)14-11(18)5-2-6-12(14)19/h1-6H,7-8H2,(H,20,21). The Kier molecular flexibility index (Phi) is 4.18. The zero-order chi connectivity index (χ0) is 15.7. The minimum Gasteiger partial charge on any atom is -0.354 e. The Balaban J connectivity index is 2.26. The molecule has 1 aliphatic rings. The van der Waals surface area contributed by atoms with E-state index in [2.05, 4.69) is 10.3 Å². The van der Waals surface area contributed by atoms with Crippen molar-refractivity contribution in [2.24, 2.45) is 4.99 Å². The monoisotopic (exact) mass is 341 g/mol. The average Bonchev–Trinajstić information content (AvgIpc) is 2.98. The average molecular weight is 342 g/mol. The summed E-state index contributed by atoms with van der Waals surface area (Å²) < 4.78 is 28.5. The van der Waals surface area contributed by atoms with Crippen molar-refractivity contribution in [3.05, 3.63) is 58.1 Å². The highest BCUT2D eigenvalue weighted by atomic mass is 35.5. The van der Waals surface area contributed by atoms with Crippen molar-refractivity contribution in [1.29, 1.82) is 0 Å². The van der Waals surface area contributed by atoms with Gasteiger partial charge in [-0.2, -0.15) is 0 Å². The van der Waals surface area contributed by atoms with E-state index in [9.17, 15) is 8.78 Å². The van der Waals surface area contributed by atoms with E-state index in [1.54, 1.807) is 18.2 Å². The number of hydrogen-bond acceptors (Lipinski definition) is 3. The zero-order valence-electron chi connectivity index (χ0n) is 11.3. The molecule has 0 fully saturated rings. The van der Waals surface area contributed by atoms with E-state index in [0.717, 1.165) is 0 Å². The van der Waals surface area contributed by atoms with Crippen LogP contribution in [-0.4, -0.2) is 19.0 Å². The van der Waals surface area contributed by atoms with Crippen LogP contribution in [0, 0.1) is 11.6 Å². The summed E-state index contributed by atoms with van der Waals surface area (Å²) in [6, 6.07) is 8.50. The zero-order valence-corrected chi connectivity index (χ0v) is 12.8. The number of guanidine groups is 1. The van der Waals surface area contributed by atoms with Gasteiger partial charge < -0.3 is 5.32 Å². The van der Waals surface area contributed by atoms with Gasteiger partial charge in [0.15, 0.2) is 0 Å². The number of nitrogens with one attached hydrogen (secondary N) is 1. The molecule has 3 rings (SSSR count). The van der Waals surface area contributed by atoms with Crippen LogP contribution in [0.25, 0.3) is 0 Å². The molecular formula is C15H11Cl2F2N3. The van der Waals surface area contributed by atoms with E-state index < -0.39 is 11.6 Å². The topological polar surface area (TPSA) is 27.6 Å². The number of para-hydroxylation sites is 2. The highest BCUT2D eigenvalue weighted by Crippen LogP contribution is 2.40. The number of halogens is 4. The lowest BCUT2D eigenvalue weighted by Gasteiger charge is -2.27. The van der Waals surface area contributed by atoms with Crippen LogP contribution in [0.4, 0.5) is 20.2 Å². The van der Waals surface area contributed by atoms with Crippen LogP contribution in [-0.2, 0) is 0 Å². The molecule has 2 aromatic rings. The van der Waals surface area contributed by atoms with Crippen molar-refractivity contribution >= 4 is 40.5 Å². The van der Waals surface area contributed by atoms with Gasteiger partial charge in [0.25, 0.3) is 0 Å². The summed E-state index contributed by atoms with van der Waals surface area (Å²) in [4.78, 5) is 5.51. The SMILES string of the molecule is Fc1cccc(F)c1N(C1=NCCN1)c1c(Cl)cccc1Cl. The first-order chi connectivity index (χ1) is 10.6. The third-order valence-electron chi connectivity index (χ3n) is 3.19. The highest BCUT2D eigenvalue weighted by molar-refractivity contribution is 6.40. The molecule has 2 aromatic carbocycles. The van der Waals surface area contributed by atoms with Crippen molar-refractivity contribution in [1.82, 2.24) is 5.32 Å². The maximum absolute atomic E-state index is 14.3. The molecule has 1 aliphatic heterocycles. The van der Waals surface area contributed by atoms with Crippen molar-refractivity contribution in [3.8, 4) is 0 Å². The largest absolute Gasteiger partial charge is 0.354 e. The number of aliphatic imine (C=N–C) groups is 1. The first-order valence-corrected chi connectivity index (χ1v) is 7.31. The third kappa shape index (κ3) is 2.62. The minimum atomic E-state index is -0.729. The fourth-order valence-corrected chi connectivity index (χ4v) is 2.83. The molecule has 0 atom stereocenters. The van der Waals surface area contributed by atoms with Gasteiger partial charge in [0, 0.05) is 6.54 Å². The molecule has 7 heteroatoms. The van der Waals surface area contributed by atoms with E-state index in [-0.39, 0.29) is 21.4 Å². The Morgan fingerprint density at radius 1 is 0.955 bits per heavy atom. The number of anilines is 2. The summed E-state index contributed by atoms with van der Waals surface area (Å²) in [6.07, 6.45) is 0.